The van der Waals surface area contributed by atoms with Crippen molar-refractivity contribution >= 4 is 23.2 Å². The molecule has 0 radical (unpaired) electrons. The molecule has 2 rings (SSSR count). The van der Waals surface area contributed by atoms with Crippen LogP contribution in [0.3, 0.4) is 0 Å². The summed E-state index contributed by atoms with van der Waals surface area (Å²) in [5.74, 6) is 0.740. The summed E-state index contributed by atoms with van der Waals surface area (Å²) in [5.41, 5.74) is -0.280. The molecule has 0 N–H and O–H groups in total. The van der Waals surface area contributed by atoms with Gasteiger partial charge in [-0.15, -0.1) is 0 Å². The molecule has 0 saturated carbocycles. The van der Waals surface area contributed by atoms with Crippen molar-refractivity contribution in [1.82, 2.24) is 9.55 Å². The Balaban J connectivity index is 2.32. The minimum Gasteiger partial charge on any atom is -0.435 e. The maximum Gasteiger partial charge on any atom is 0.313 e. The first kappa shape index (κ1) is 14.9. The van der Waals surface area contributed by atoms with Crippen LogP contribution in [0.2, 0.25) is 10.0 Å². The zero-order valence-electron chi connectivity index (χ0n) is 11.1. The standard InChI is InChI=1S/C14H14Cl2N2O2/c1-9(2)8-18-4-3-17-13(14(18)19)20-12-6-10(15)5-11(16)7-12/h3-7,9H,8H2,1-2H3. The molecule has 0 aliphatic carbocycles. The zero-order chi connectivity index (χ0) is 14.7. The molecule has 0 saturated heterocycles. The highest BCUT2D eigenvalue weighted by Crippen LogP contribution is 2.26. The first-order chi connectivity index (χ1) is 9.45. The molecular weight excluding hydrogens is 299 g/mol. The Bertz CT molecular complexity index is 648. The lowest BCUT2D eigenvalue weighted by molar-refractivity contribution is 0.432. The molecule has 6 heteroatoms. The van der Waals surface area contributed by atoms with Crippen LogP contribution in [0.5, 0.6) is 11.6 Å². The van der Waals surface area contributed by atoms with E-state index in [-0.39, 0.29) is 11.4 Å². The van der Waals surface area contributed by atoms with Gasteiger partial charge in [0.25, 0.3) is 5.88 Å². The Hall–Kier alpha value is -1.52. The summed E-state index contributed by atoms with van der Waals surface area (Å²) in [5, 5.41) is 0.872. The SMILES string of the molecule is CC(C)Cn1ccnc(Oc2cc(Cl)cc(Cl)c2)c1=O. The van der Waals surface area contributed by atoms with Crippen LogP contribution < -0.4 is 10.3 Å². The molecule has 1 aromatic heterocycles. The van der Waals surface area contributed by atoms with E-state index in [1.54, 1.807) is 29.0 Å². The first-order valence-electron chi connectivity index (χ1n) is 6.15. The Morgan fingerprint density at radius 2 is 1.90 bits per heavy atom. The van der Waals surface area contributed by atoms with E-state index in [9.17, 15) is 4.79 Å². The second kappa shape index (κ2) is 6.29. The third-order valence-electron chi connectivity index (χ3n) is 2.49. The van der Waals surface area contributed by atoms with E-state index in [4.69, 9.17) is 27.9 Å². The number of benzene rings is 1. The fourth-order valence-corrected chi connectivity index (χ4v) is 2.24. The quantitative estimate of drug-likeness (QED) is 0.857. The molecule has 0 aliphatic heterocycles. The van der Waals surface area contributed by atoms with Gasteiger partial charge in [0, 0.05) is 29.0 Å². The molecule has 0 aliphatic rings. The summed E-state index contributed by atoms with van der Waals surface area (Å²) in [4.78, 5) is 16.1. The van der Waals surface area contributed by atoms with E-state index in [1.807, 2.05) is 13.8 Å². The molecule has 0 unspecified atom stereocenters. The van der Waals surface area contributed by atoms with Gasteiger partial charge in [-0.2, -0.15) is 0 Å². The molecule has 1 heterocycles. The number of ether oxygens (including phenoxy) is 1. The zero-order valence-corrected chi connectivity index (χ0v) is 12.6. The number of rotatable bonds is 4. The highest BCUT2D eigenvalue weighted by atomic mass is 35.5. The molecule has 0 amide bonds. The molecule has 1 aromatic carbocycles. The third-order valence-corrected chi connectivity index (χ3v) is 2.93. The summed E-state index contributed by atoms with van der Waals surface area (Å²) in [6, 6.07) is 4.74. The summed E-state index contributed by atoms with van der Waals surface area (Å²) >= 11 is 11.8. The van der Waals surface area contributed by atoms with Crippen molar-refractivity contribution in [3.63, 3.8) is 0 Å². The Kier molecular flexibility index (Phi) is 4.68. The highest BCUT2D eigenvalue weighted by Gasteiger charge is 2.09. The Morgan fingerprint density at radius 1 is 1.25 bits per heavy atom. The molecule has 106 valence electrons. The van der Waals surface area contributed by atoms with Gasteiger partial charge in [0.05, 0.1) is 0 Å². The maximum absolute atomic E-state index is 12.2. The molecular formula is C14H14Cl2N2O2. The van der Waals surface area contributed by atoms with Crippen molar-refractivity contribution in [3.8, 4) is 11.6 Å². The predicted molar refractivity (Wildman–Crippen MR) is 79.9 cm³/mol. The van der Waals surface area contributed by atoms with E-state index in [0.29, 0.717) is 28.3 Å². The van der Waals surface area contributed by atoms with Gasteiger partial charge in [-0.05, 0) is 24.1 Å². The molecule has 0 spiro atoms. The van der Waals surface area contributed by atoms with E-state index >= 15 is 0 Å². The van der Waals surface area contributed by atoms with Crippen LogP contribution >= 0.6 is 23.2 Å². The van der Waals surface area contributed by atoms with Crippen molar-refractivity contribution < 1.29 is 4.74 Å². The van der Waals surface area contributed by atoms with Gasteiger partial charge in [0.15, 0.2) is 0 Å². The van der Waals surface area contributed by atoms with Crippen LogP contribution in [-0.2, 0) is 6.54 Å². The predicted octanol–water partition coefficient (Wildman–Crippen LogP) is 4.00. The van der Waals surface area contributed by atoms with E-state index in [1.165, 1.54) is 6.20 Å². The molecule has 2 aromatic rings. The van der Waals surface area contributed by atoms with Crippen LogP contribution in [0, 0.1) is 5.92 Å². The first-order valence-corrected chi connectivity index (χ1v) is 6.90. The van der Waals surface area contributed by atoms with Gasteiger partial charge in [0.2, 0.25) is 0 Å². The van der Waals surface area contributed by atoms with E-state index in [0.717, 1.165) is 0 Å². The molecule has 0 bridgehead atoms. The minimum atomic E-state index is -0.280. The van der Waals surface area contributed by atoms with Crippen molar-refractivity contribution in [3.05, 3.63) is 51.0 Å². The fraction of sp³-hybridized carbons (Fsp3) is 0.286. The number of halogens is 2. The van der Waals surface area contributed by atoms with Crippen molar-refractivity contribution in [2.24, 2.45) is 5.92 Å². The van der Waals surface area contributed by atoms with Crippen molar-refractivity contribution in [2.75, 3.05) is 0 Å². The van der Waals surface area contributed by atoms with Crippen LogP contribution in [0.25, 0.3) is 0 Å². The second-order valence-electron chi connectivity index (χ2n) is 4.79. The van der Waals surface area contributed by atoms with Crippen LogP contribution in [-0.4, -0.2) is 9.55 Å². The lowest BCUT2D eigenvalue weighted by atomic mass is 10.2. The van der Waals surface area contributed by atoms with Crippen molar-refractivity contribution in [1.29, 1.82) is 0 Å². The number of nitrogens with zero attached hydrogens (tertiary/aromatic N) is 2. The van der Waals surface area contributed by atoms with Crippen LogP contribution in [0.1, 0.15) is 13.8 Å². The normalized spacial score (nSPS) is 10.8. The fourth-order valence-electron chi connectivity index (χ4n) is 1.73. The number of aromatic nitrogens is 2. The molecule has 0 atom stereocenters. The van der Waals surface area contributed by atoms with E-state index in [2.05, 4.69) is 4.98 Å². The second-order valence-corrected chi connectivity index (χ2v) is 5.66. The van der Waals surface area contributed by atoms with Gasteiger partial charge in [-0.25, -0.2) is 4.98 Å². The summed E-state index contributed by atoms with van der Waals surface area (Å²) in [6.45, 7) is 4.67. The Morgan fingerprint density at radius 3 is 2.50 bits per heavy atom. The molecule has 4 nitrogen and oxygen atoms in total. The largest absolute Gasteiger partial charge is 0.435 e. The van der Waals surface area contributed by atoms with Crippen LogP contribution in [0.15, 0.2) is 35.4 Å². The van der Waals surface area contributed by atoms with Gasteiger partial charge in [-0.3, -0.25) is 4.79 Å². The molecule has 20 heavy (non-hydrogen) atoms. The smallest absolute Gasteiger partial charge is 0.313 e. The highest BCUT2D eigenvalue weighted by molar-refractivity contribution is 6.34. The van der Waals surface area contributed by atoms with Gasteiger partial charge < -0.3 is 9.30 Å². The summed E-state index contributed by atoms with van der Waals surface area (Å²) < 4.78 is 7.05. The van der Waals surface area contributed by atoms with E-state index < -0.39 is 0 Å². The van der Waals surface area contributed by atoms with Gasteiger partial charge in [-0.1, -0.05) is 37.0 Å². The molecule has 0 fully saturated rings. The maximum atomic E-state index is 12.2. The topological polar surface area (TPSA) is 44.1 Å². The summed E-state index contributed by atoms with van der Waals surface area (Å²) in [6.07, 6.45) is 3.17. The average Bonchev–Trinajstić information content (AvgIpc) is 2.32. The van der Waals surface area contributed by atoms with Gasteiger partial charge in [0.1, 0.15) is 5.75 Å². The van der Waals surface area contributed by atoms with Crippen LogP contribution in [0.4, 0.5) is 0 Å². The third kappa shape index (κ3) is 3.74. The Labute approximate surface area is 126 Å². The van der Waals surface area contributed by atoms with Gasteiger partial charge >= 0.3 is 5.56 Å². The minimum absolute atomic E-state index is 0.00600. The lowest BCUT2D eigenvalue weighted by Gasteiger charge is -2.10. The van der Waals surface area contributed by atoms with Crippen molar-refractivity contribution in [2.45, 2.75) is 20.4 Å². The number of hydrogen-bond donors (Lipinski definition) is 0. The lowest BCUT2D eigenvalue weighted by Crippen LogP contribution is -2.23. The number of hydrogen-bond acceptors (Lipinski definition) is 3. The summed E-state index contributed by atoms with van der Waals surface area (Å²) in [7, 11) is 0. The monoisotopic (exact) mass is 312 g/mol. The average molecular weight is 313 g/mol.